The maximum Gasteiger partial charge on any atom is 0.266 e. The van der Waals surface area contributed by atoms with Gasteiger partial charge >= 0.3 is 0 Å². The summed E-state index contributed by atoms with van der Waals surface area (Å²) >= 11 is 6.04. The van der Waals surface area contributed by atoms with E-state index >= 15 is 0 Å². The summed E-state index contributed by atoms with van der Waals surface area (Å²) < 4.78 is 7.10. The van der Waals surface area contributed by atoms with Gasteiger partial charge in [-0.3, -0.25) is 14.2 Å². The lowest BCUT2D eigenvalue weighted by Gasteiger charge is -2.33. The molecule has 0 bridgehead atoms. The zero-order valence-corrected chi connectivity index (χ0v) is 19.5. The molecule has 3 aromatic rings. The number of halogens is 1. The van der Waals surface area contributed by atoms with Crippen LogP contribution in [0.1, 0.15) is 38.2 Å². The van der Waals surface area contributed by atoms with Crippen LogP contribution < -0.4 is 10.3 Å². The lowest BCUT2D eigenvalue weighted by Crippen LogP contribution is -2.42. The molecule has 0 saturated carbocycles. The predicted molar refractivity (Wildman–Crippen MR) is 124 cm³/mol. The van der Waals surface area contributed by atoms with Gasteiger partial charge in [-0.1, -0.05) is 18.2 Å². The second-order valence-electron chi connectivity index (χ2n) is 8.41. The fraction of sp³-hybridized carbons (Fsp3) is 0.375. The number of carbonyl (C=O) groups excluding carboxylic acids is 1. The van der Waals surface area contributed by atoms with E-state index in [4.69, 9.17) is 21.3 Å². The molecule has 0 N–H and O–H groups in total. The average Bonchev–Trinajstić information content (AvgIpc) is 2.77. The molecular formula is C24H28ClN3O3. The zero-order valence-electron chi connectivity index (χ0n) is 18.8. The number of hydrogen-bond acceptors (Lipinski definition) is 4. The molecule has 1 unspecified atom stereocenters. The molecule has 7 heteroatoms. The number of fused-ring (bicyclic) bond motifs is 1. The van der Waals surface area contributed by atoms with Gasteiger partial charge in [0.1, 0.15) is 11.6 Å². The zero-order chi connectivity index (χ0) is 22.9. The highest BCUT2D eigenvalue weighted by molar-refractivity contribution is 6.19. The fourth-order valence-electron chi connectivity index (χ4n) is 3.52. The molecule has 164 valence electrons. The van der Waals surface area contributed by atoms with Crippen molar-refractivity contribution in [3.8, 4) is 11.4 Å². The number of methoxy groups -OCH3 is 1. The first-order valence-electron chi connectivity index (χ1n) is 10.1. The SMILES string of the molecule is COc1ccc(C)cc1-n1c(C(C)N(C)C(=O)C(C)(C)CCl)nc2ccccc2c1=O. The smallest absolute Gasteiger partial charge is 0.266 e. The minimum atomic E-state index is -0.742. The molecule has 1 amide bonds. The van der Waals surface area contributed by atoms with E-state index in [2.05, 4.69) is 0 Å². The summed E-state index contributed by atoms with van der Waals surface area (Å²) in [5, 5.41) is 0.497. The van der Waals surface area contributed by atoms with Crippen LogP contribution in [0.4, 0.5) is 0 Å². The van der Waals surface area contributed by atoms with E-state index in [1.54, 1.807) is 49.6 Å². The van der Waals surface area contributed by atoms with Crippen molar-refractivity contribution in [2.24, 2.45) is 5.41 Å². The van der Waals surface area contributed by atoms with Crippen LogP contribution in [0.2, 0.25) is 0 Å². The number of alkyl halides is 1. The van der Waals surface area contributed by atoms with Crippen molar-refractivity contribution in [2.45, 2.75) is 33.7 Å². The number of ether oxygens (including phenoxy) is 1. The maximum absolute atomic E-state index is 13.6. The summed E-state index contributed by atoms with van der Waals surface area (Å²) in [5.41, 5.74) is 1.18. The van der Waals surface area contributed by atoms with Gasteiger partial charge in [-0.05, 0) is 57.5 Å². The van der Waals surface area contributed by atoms with Gasteiger partial charge in [-0.2, -0.15) is 0 Å². The number of para-hydroxylation sites is 1. The molecule has 2 aromatic carbocycles. The molecule has 0 aliphatic heterocycles. The quantitative estimate of drug-likeness (QED) is 0.529. The molecule has 0 aliphatic carbocycles. The van der Waals surface area contributed by atoms with Crippen LogP contribution in [0.25, 0.3) is 16.6 Å². The Balaban J connectivity index is 2.31. The molecular weight excluding hydrogens is 414 g/mol. The van der Waals surface area contributed by atoms with Crippen molar-refractivity contribution in [3.63, 3.8) is 0 Å². The minimum absolute atomic E-state index is 0.125. The molecule has 1 atom stereocenters. The third-order valence-electron chi connectivity index (χ3n) is 5.56. The van der Waals surface area contributed by atoms with Crippen LogP contribution in [0.5, 0.6) is 5.75 Å². The normalized spacial score (nSPS) is 12.6. The molecule has 0 spiro atoms. The minimum Gasteiger partial charge on any atom is -0.495 e. The van der Waals surface area contributed by atoms with Gasteiger partial charge in [0.05, 0.1) is 35.2 Å². The van der Waals surface area contributed by atoms with Crippen LogP contribution in [0.3, 0.4) is 0 Å². The van der Waals surface area contributed by atoms with Gasteiger partial charge in [-0.25, -0.2) is 4.98 Å². The summed E-state index contributed by atoms with van der Waals surface area (Å²) in [6.45, 7) is 7.41. The molecule has 0 saturated heterocycles. The molecule has 31 heavy (non-hydrogen) atoms. The molecule has 6 nitrogen and oxygen atoms in total. The number of benzene rings is 2. The Bertz CT molecular complexity index is 1190. The van der Waals surface area contributed by atoms with Crippen molar-refractivity contribution in [1.82, 2.24) is 14.5 Å². The third-order valence-corrected chi connectivity index (χ3v) is 6.23. The van der Waals surface area contributed by atoms with E-state index < -0.39 is 11.5 Å². The average molecular weight is 442 g/mol. The Kier molecular flexibility index (Phi) is 6.41. The van der Waals surface area contributed by atoms with E-state index in [-0.39, 0.29) is 17.3 Å². The van der Waals surface area contributed by atoms with E-state index in [1.165, 1.54) is 0 Å². The van der Waals surface area contributed by atoms with Gasteiger partial charge in [0.15, 0.2) is 0 Å². The number of nitrogens with zero attached hydrogens (tertiary/aromatic N) is 3. The lowest BCUT2D eigenvalue weighted by molar-refractivity contribution is -0.140. The molecule has 3 rings (SSSR count). The monoisotopic (exact) mass is 441 g/mol. The molecule has 0 radical (unpaired) electrons. The van der Waals surface area contributed by atoms with Gasteiger partial charge in [-0.15, -0.1) is 11.6 Å². The van der Waals surface area contributed by atoms with E-state index in [9.17, 15) is 9.59 Å². The first-order chi connectivity index (χ1) is 14.6. The van der Waals surface area contributed by atoms with Gasteiger partial charge in [0, 0.05) is 12.9 Å². The van der Waals surface area contributed by atoms with Crippen LogP contribution in [0, 0.1) is 12.3 Å². The lowest BCUT2D eigenvalue weighted by atomic mass is 9.94. The predicted octanol–water partition coefficient (Wildman–Crippen LogP) is 4.49. The molecule has 1 heterocycles. The van der Waals surface area contributed by atoms with Gasteiger partial charge in [0.2, 0.25) is 5.91 Å². The van der Waals surface area contributed by atoms with Crippen molar-refractivity contribution in [3.05, 3.63) is 64.2 Å². The highest BCUT2D eigenvalue weighted by atomic mass is 35.5. The maximum atomic E-state index is 13.6. The van der Waals surface area contributed by atoms with Crippen molar-refractivity contribution in [1.29, 1.82) is 0 Å². The van der Waals surface area contributed by atoms with Crippen molar-refractivity contribution in [2.75, 3.05) is 20.0 Å². The van der Waals surface area contributed by atoms with Gasteiger partial charge < -0.3 is 9.64 Å². The van der Waals surface area contributed by atoms with Gasteiger partial charge in [0.25, 0.3) is 5.56 Å². The second-order valence-corrected chi connectivity index (χ2v) is 8.68. The number of aryl methyl sites for hydroxylation is 1. The Labute approximate surface area is 187 Å². The number of amides is 1. The third kappa shape index (κ3) is 4.17. The molecule has 1 aromatic heterocycles. The van der Waals surface area contributed by atoms with Crippen molar-refractivity contribution < 1.29 is 9.53 Å². The second kappa shape index (κ2) is 8.71. The number of aromatic nitrogens is 2. The van der Waals surface area contributed by atoms with Crippen LogP contribution >= 0.6 is 11.6 Å². The van der Waals surface area contributed by atoms with Crippen LogP contribution in [0.15, 0.2) is 47.3 Å². The fourth-order valence-corrected chi connectivity index (χ4v) is 3.64. The Morgan fingerprint density at radius 1 is 1.26 bits per heavy atom. The Hall–Kier alpha value is -2.86. The Morgan fingerprint density at radius 2 is 1.94 bits per heavy atom. The summed E-state index contributed by atoms with van der Waals surface area (Å²) in [6.07, 6.45) is 0. The number of rotatable bonds is 6. The highest BCUT2D eigenvalue weighted by Gasteiger charge is 2.34. The molecule has 0 aliphatic rings. The molecule has 0 fully saturated rings. The first kappa shape index (κ1) is 22.8. The summed E-state index contributed by atoms with van der Waals surface area (Å²) in [4.78, 5) is 33.1. The summed E-state index contributed by atoms with van der Waals surface area (Å²) in [5.74, 6) is 1.06. The topological polar surface area (TPSA) is 64.4 Å². The van der Waals surface area contributed by atoms with E-state index in [0.29, 0.717) is 28.2 Å². The van der Waals surface area contributed by atoms with E-state index in [1.807, 2.05) is 44.2 Å². The first-order valence-corrected chi connectivity index (χ1v) is 10.7. The Morgan fingerprint density at radius 3 is 2.58 bits per heavy atom. The van der Waals surface area contributed by atoms with Crippen LogP contribution in [-0.4, -0.2) is 40.4 Å². The number of hydrogen-bond donors (Lipinski definition) is 0. The number of carbonyl (C=O) groups is 1. The summed E-state index contributed by atoms with van der Waals surface area (Å²) in [6, 6.07) is 12.3. The largest absolute Gasteiger partial charge is 0.495 e. The summed E-state index contributed by atoms with van der Waals surface area (Å²) in [7, 11) is 3.27. The highest BCUT2D eigenvalue weighted by Crippen LogP contribution is 2.30. The van der Waals surface area contributed by atoms with E-state index in [0.717, 1.165) is 5.56 Å². The van der Waals surface area contributed by atoms with Crippen LogP contribution in [-0.2, 0) is 4.79 Å². The standard InChI is InChI=1S/C24H28ClN3O3/c1-15-11-12-20(31-6)19(13-15)28-21(16(2)27(5)23(30)24(3,4)14-25)26-18-10-8-7-9-17(18)22(28)29/h7-13,16H,14H2,1-6H3. The van der Waals surface area contributed by atoms with Crippen molar-refractivity contribution >= 4 is 28.4 Å².